The molecule has 90 valence electrons. The molecule has 18 heavy (non-hydrogen) atoms. The summed E-state index contributed by atoms with van der Waals surface area (Å²) in [5, 5.41) is 8.73. The van der Waals surface area contributed by atoms with Crippen LogP contribution in [0.15, 0.2) is 36.4 Å². The molecular weight excluding hydrogens is 224 g/mol. The van der Waals surface area contributed by atoms with Gasteiger partial charge >= 0.3 is 0 Å². The Labute approximate surface area is 107 Å². The number of aromatic nitrogens is 1. The van der Waals surface area contributed by atoms with E-state index in [1.165, 1.54) is 0 Å². The van der Waals surface area contributed by atoms with E-state index in [0.717, 1.165) is 23.6 Å². The zero-order chi connectivity index (χ0) is 13.0. The Morgan fingerprint density at radius 3 is 2.50 bits per heavy atom. The summed E-state index contributed by atoms with van der Waals surface area (Å²) in [5.41, 5.74) is 2.55. The highest BCUT2D eigenvalue weighted by atomic mass is 16.5. The van der Waals surface area contributed by atoms with E-state index in [4.69, 9.17) is 10.00 Å². The molecule has 1 aromatic heterocycles. The van der Waals surface area contributed by atoms with Crippen LogP contribution in [0.2, 0.25) is 0 Å². The molecule has 0 aliphatic heterocycles. The minimum Gasteiger partial charge on any atom is -0.455 e. The van der Waals surface area contributed by atoms with Crippen molar-refractivity contribution >= 4 is 0 Å². The third kappa shape index (κ3) is 2.67. The average molecular weight is 238 g/mol. The van der Waals surface area contributed by atoms with Gasteiger partial charge in [-0.05, 0) is 49.7 Å². The first kappa shape index (κ1) is 12.1. The Balaban J connectivity index is 2.25. The normalized spacial score (nSPS) is 9.83. The minimum absolute atomic E-state index is 0.625. The predicted octanol–water partition coefficient (Wildman–Crippen LogP) is 3.62. The largest absolute Gasteiger partial charge is 0.455 e. The number of ether oxygens (including phenoxy) is 1. The molecule has 1 aromatic carbocycles. The van der Waals surface area contributed by atoms with Gasteiger partial charge in [-0.1, -0.05) is 6.92 Å². The maximum atomic E-state index is 8.73. The van der Waals surface area contributed by atoms with Crippen molar-refractivity contribution in [1.29, 1.82) is 5.26 Å². The second-order valence-electron chi connectivity index (χ2n) is 3.99. The molecule has 0 bridgehead atoms. The van der Waals surface area contributed by atoms with Crippen molar-refractivity contribution < 1.29 is 4.74 Å². The van der Waals surface area contributed by atoms with E-state index in [0.29, 0.717) is 11.3 Å². The SMILES string of the molecule is CCc1nc(C)ccc1Oc1ccc(C#N)cc1. The van der Waals surface area contributed by atoms with Crippen molar-refractivity contribution in [1.82, 2.24) is 4.98 Å². The highest BCUT2D eigenvalue weighted by Crippen LogP contribution is 2.25. The van der Waals surface area contributed by atoms with Gasteiger partial charge in [0.05, 0.1) is 17.3 Å². The van der Waals surface area contributed by atoms with Crippen LogP contribution in [0.1, 0.15) is 23.9 Å². The van der Waals surface area contributed by atoms with E-state index in [9.17, 15) is 0 Å². The first-order chi connectivity index (χ1) is 8.72. The lowest BCUT2D eigenvalue weighted by atomic mass is 10.2. The Morgan fingerprint density at radius 2 is 1.89 bits per heavy atom. The molecule has 3 nitrogen and oxygen atoms in total. The number of benzene rings is 1. The van der Waals surface area contributed by atoms with E-state index < -0.39 is 0 Å². The number of hydrogen-bond acceptors (Lipinski definition) is 3. The summed E-state index contributed by atoms with van der Waals surface area (Å²) in [6, 6.07) is 13.0. The summed E-state index contributed by atoms with van der Waals surface area (Å²) in [5.74, 6) is 1.49. The van der Waals surface area contributed by atoms with Crippen LogP contribution >= 0.6 is 0 Å². The van der Waals surface area contributed by atoms with Crippen molar-refractivity contribution in [3.8, 4) is 17.6 Å². The summed E-state index contributed by atoms with van der Waals surface area (Å²) >= 11 is 0. The van der Waals surface area contributed by atoms with E-state index in [1.54, 1.807) is 24.3 Å². The van der Waals surface area contributed by atoms with E-state index in [-0.39, 0.29) is 0 Å². The van der Waals surface area contributed by atoms with E-state index in [1.807, 2.05) is 26.0 Å². The molecule has 0 aliphatic carbocycles. The molecule has 1 heterocycles. The van der Waals surface area contributed by atoms with Crippen molar-refractivity contribution in [2.45, 2.75) is 20.3 Å². The van der Waals surface area contributed by atoms with Crippen LogP contribution in [0.25, 0.3) is 0 Å². The molecule has 3 heteroatoms. The van der Waals surface area contributed by atoms with Gasteiger partial charge in [0.1, 0.15) is 11.5 Å². The van der Waals surface area contributed by atoms with Gasteiger partial charge in [-0.15, -0.1) is 0 Å². The lowest BCUT2D eigenvalue weighted by Crippen LogP contribution is -1.95. The van der Waals surface area contributed by atoms with Crippen molar-refractivity contribution in [3.63, 3.8) is 0 Å². The third-order valence-corrected chi connectivity index (χ3v) is 2.62. The molecule has 0 atom stereocenters. The number of rotatable bonds is 3. The topological polar surface area (TPSA) is 45.9 Å². The maximum absolute atomic E-state index is 8.73. The molecule has 2 aromatic rings. The van der Waals surface area contributed by atoms with Gasteiger partial charge in [0.15, 0.2) is 0 Å². The molecule has 0 N–H and O–H groups in total. The second-order valence-corrected chi connectivity index (χ2v) is 3.99. The molecule has 0 fully saturated rings. The standard InChI is InChI=1S/C15H14N2O/c1-3-14-15(9-4-11(2)17-14)18-13-7-5-12(10-16)6-8-13/h4-9H,3H2,1-2H3. The zero-order valence-corrected chi connectivity index (χ0v) is 10.5. The van der Waals surface area contributed by atoms with Crippen LogP contribution in [0.4, 0.5) is 0 Å². The molecule has 0 saturated carbocycles. The zero-order valence-electron chi connectivity index (χ0n) is 10.5. The fourth-order valence-electron chi connectivity index (χ4n) is 1.67. The van der Waals surface area contributed by atoms with Crippen LogP contribution in [0, 0.1) is 18.3 Å². The monoisotopic (exact) mass is 238 g/mol. The molecule has 0 radical (unpaired) electrons. The predicted molar refractivity (Wildman–Crippen MR) is 69.6 cm³/mol. The summed E-state index contributed by atoms with van der Waals surface area (Å²) < 4.78 is 5.78. The van der Waals surface area contributed by atoms with Gasteiger partial charge in [-0.25, -0.2) is 0 Å². The Bertz CT molecular complexity index is 582. The molecule has 0 unspecified atom stereocenters. The average Bonchev–Trinajstić information content (AvgIpc) is 2.41. The smallest absolute Gasteiger partial charge is 0.148 e. The number of pyridine rings is 1. The van der Waals surface area contributed by atoms with E-state index in [2.05, 4.69) is 11.1 Å². The quantitative estimate of drug-likeness (QED) is 0.820. The minimum atomic E-state index is 0.625. The van der Waals surface area contributed by atoms with Crippen LogP contribution in [-0.2, 0) is 6.42 Å². The maximum Gasteiger partial charge on any atom is 0.148 e. The molecule has 0 amide bonds. The van der Waals surface area contributed by atoms with Crippen LogP contribution in [0.5, 0.6) is 11.5 Å². The van der Waals surface area contributed by atoms with Gasteiger partial charge in [-0.2, -0.15) is 5.26 Å². The number of nitrogens with zero attached hydrogens (tertiary/aromatic N) is 2. The molecule has 0 spiro atoms. The molecule has 0 aliphatic rings. The van der Waals surface area contributed by atoms with Crippen molar-refractivity contribution in [2.75, 3.05) is 0 Å². The number of aryl methyl sites for hydroxylation is 2. The van der Waals surface area contributed by atoms with Gasteiger partial charge in [0, 0.05) is 5.69 Å². The highest BCUT2D eigenvalue weighted by Gasteiger charge is 2.05. The van der Waals surface area contributed by atoms with Crippen LogP contribution in [-0.4, -0.2) is 4.98 Å². The first-order valence-corrected chi connectivity index (χ1v) is 5.87. The summed E-state index contributed by atoms with van der Waals surface area (Å²) in [7, 11) is 0. The van der Waals surface area contributed by atoms with Gasteiger partial charge in [-0.3, -0.25) is 4.98 Å². The summed E-state index contributed by atoms with van der Waals surface area (Å²) in [6.07, 6.45) is 0.827. The van der Waals surface area contributed by atoms with Gasteiger partial charge < -0.3 is 4.74 Å². The molecular formula is C15H14N2O. The van der Waals surface area contributed by atoms with Crippen LogP contribution in [0.3, 0.4) is 0 Å². The summed E-state index contributed by atoms with van der Waals surface area (Å²) in [4.78, 5) is 4.44. The summed E-state index contributed by atoms with van der Waals surface area (Å²) in [6.45, 7) is 4.01. The second kappa shape index (κ2) is 5.33. The van der Waals surface area contributed by atoms with E-state index >= 15 is 0 Å². The fourth-order valence-corrected chi connectivity index (χ4v) is 1.67. The highest BCUT2D eigenvalue weighted by molar-refractivity contribution is 5.38. The lowest BCUT2D eigenvalue weighted by molar-refractivity contribution is 0.472. The van der Waals surface area contributed by atoms with Gasteiger partial charge in [0.2, 0.25) is 0 Å². The molecule has 0 saturated heterocycles. The van der Waals surface area contributed by atoms with Crippen molar-refractivity contribution in [2.24, 2.45) is 0 Å². The first-order valence-electron chi connectivity index (χ1n) is 5.87. The third-order valence-electron chi connectivity index (χ3n) is 2.62. The number of hydrogen-bond donors (Lipinski definition) is 0. The Morgan fingerprint density at radius 1 is 1.17 bits per heavy atom. The lowest BCUT2D eigenvalue weighted by Gasteiger charge is -2.09. The Kier molecular flexibility index (Phi) is 3.59. The van der Waals surface area contributed by atoms with Crippen molar-refractivity contribution in [3.05, 3.63) is 53.3 Å². The number of nitriles is 1. The molecule has 2 rings (SSSR count). The van der Waals surface area contributed by atoms with Gasteiger partial charge in [0.25, 0.3) is 0 Å². The fraction of sp³-hybridized carbons (Fsp3) is 0.200. The Hall–Kier alpha value is -2.34. The van der Waals surface area contributed by atoms with Crippen LogP contribution < -0.4 is 4.74 Å².